The summed E-state index contributed by atoms with van der Waals surface area (Å²) in [7, 11) is 2.06. The Bertz CT molecular complexity index is 590. The van der Waals surface area contributed by atoms with Gasteiger partial charge in [0.1, 0.15) is 0 Å². The van der Waals surface area contributed by atoms with Crippen molar-refractivity contribution in [3.8, 4) is 6.07 Å². The van der Waals surface area contributed by atoms with Crippen LogP contribution < -0.4 is 4.90 Å². The van der Waals surface area contributed by atoms with E-state index in [2.05, 4.69) is 74.3 Å². The minimum atomic E-state index is 0.0592. The molecule has 0 aliphatic carbocycles. The van der Waals surface area contributed by atoms with Crippen LogP contribution in [0.3, 0.4) is 0 Å². The molecule has 2 aromatic rings. The molecule has 19 heavy (non-hydrogen) atoms. The van der Waals surface area contributed by atoms with Crippen LogP contribution in [0, 0.1) is 23.2 Å². The predicted octanol–water partition coefficient (Wildman–Crippen LogP) is 4.07. The van der Waals surface area contributed by atoms with Gasteiger partial charge < -0.3 is 4.90 Å². The number of rotatable bonds is 4. The van der Waals surface area contributed by atoms with E-state index in [0.717, 1.165) is 6.54 Å². The summed E-state index contributed by atoms with van der Waals surface area (Å²) < 4.78 is 0. The van der Waals surface area contributed by atoms with Gasteiger partial charge in [0.15, 0.2) is 0 Å². The lowest BCUT2D eigenvalue weighted by Crippen LogP contribution is -2.27. The van der Waals surface area contributed by atoms with Crippen LogP contribution in [0.15, 0.2) is 42.5 Å². The fraction of sp³-hybridized carbons (Fsp3) is 0.353. The van der Waals surface area contributed by atoms with Crippen molar-refractivity contribution in [2.24, 2.45) is 11.8 Å². The molecule has 1 unspecified atom stereocenters. The van der Waals surface area contributed by atoms with Crippen LogP contribution in [0.4, 0.5) is 5.69 Å². The van der Waals surface area contributed by atoms with Crippen LogP contribution >= 0.6 is 0 Å². The van der Waals surface area contributed by atoms with Gasteiger partial charge in [-0.1, -0.05) is 50.2 Å². The summed E-state index contributed by atoms with van der Waals surface area (Å²) >= 11 is 0. The first-order chi connectivity index (χ1) is 9.13. The predicted molar refractivity (Wildman–Crippen MR) is 81.2 cm³/mol. The highest BCUT2D eigenvalue weighted by atomic mass is 15.1. The average Bonchev–Trinajstić information content (AvgIpc) is 2.43. The molecule has 0 amide bonds. The highest BCUT2D eigenvalue weighted by Crippen LogP contribution is 2.27. The van der Waals surface area contributed by atoms with Crippen LogP contribution in [-0.2, 0) is 0 Å². The van der Waals surface area contributed by atoms with Gasteiger partial charge in [-0.05, 0) is 17.4 Å². The van der Waals surface area contributed by atoms with Crippen molar-refractivity contribution in [3.63, 3.8) is 0 Å². The zero-order chi connectivity index (χ0) is 13.8. The molecule has 0 radical (unpaired) electrons. The summed E-state index contributed by atoms with van der Waals surface area (Å²) in [6, 6.07) is 17.1. The molecule has 0 aliphatic heterocycles. The van der Waals surface area contributed by atoms with E-state index in [1.165, 1.54) is 16.5 Å². The molecular weight excluding hydrogens is 232 g/mol. The molecule has 0 N–H and O–H groups in total. The number of anilines is 1. The summed E-state index contributed by atoms with van der Waals surface area (Å²) in [5, 5.41) is 11.7. The van der Waals surface area contributed by atoms with E-state index >= 15 is 0 Å². The van der Waals surface area contributed by atoms with Gasteiger partial charge in [0.2, 0.25) is 0 Å². The van der Waals surface area contributed by atoms with Crippen LogP contribution in [0.25, 0.3) is 10.8 Å². The number of benzene rings is 2. The Labute approximate surface area is 115 Å². The summed E-state index contributed by atoms with van der Waals surface area (Å²) in [5.41, 5.74) is 1.19. The third-order valence-electron chi connectivity index (χ3n) is 3.62. The maximum Gasteiger partial charge on any atom is 0.0677 e. The Hall–Kier alpha value is -2.01. The molecule has 0 aliphatic rings. The van der Waals surface area contributed by atoms with Gasteiger partial charge in [-0.25, -0.2) is 0 Å². The van der Waals surface area contributed by atoms with E-state index in [0.29, 0.717) is 5.92 Å². The summed E-state index contributed by atoms with van der Waals surface area (Å²) in [6.07, 6.45) is 0. The van der Waals surface area contributed by atoms with Crippen LogP contribution in [0.1, 0.15) is 13.8 Å². The zero-order valence-corrected chi connectivity index (χ0v) is 11.8. The fourth-order valence-corrected chi connectivity index (χ4v) is 2.34. The molecule has 2 nitrogen and oxygen atoms in total. The SMILES string of the molecule is CC(C)C(C#N)CN(C)c1cccc2ccccc12. The summed E-state index contributed by atoms with van der Waals surface area (Å²) in [5.74, 6) is 0.436. The van der Waals surface area contributed by atoms with Crippen molar-refractivity contribution < 1.29 is 0 Å². The third-order valence-corrected chi connectivity index (χ3v) is 3.62. The van der Waals surface area contributed by atoms with Crippen LogP contribution in [-0.4, -0.2) is 13.6 Å². The molecule has 0 heterocycles. The maximum absolute atomic E-state index is 9.23. The lowest BCUT2D eigenvalue weighted by atomic mass is 9.96. The Morgan fingerprint density at radius 1 is 1.11 bits per heavy atom. The minimum Gasteiger partial charge on any atom is -0.373 e. The maximum atomic E-state index is 9.23. The second-order valence-corrected chi connectivity index (χ2v) is 5.36. The van der Waals surface area contributed by atoms with E-state index in [4.69, 9.17) is 0 Å². The second-order valence-electron chi connectivity index (χ2n) is 5.36. The van der Waals surface area contributed by atoms with Crippen molar-refractivity contribution >= 4 is 16.5 Å². The molecule has 0 fully saturated rings. The number of fused-ring (bicyclic) bond motifs is 1. The van der Waals surface area contributed by atoms with E-state index < -0.39 is 0 Å². The van der Waals surface area contributed by atoms with Gasteiger partial charge in [0, 0.05) is 24.7 Å². The van der Waals surface area contributed by atoms with Crippen molar-refractivity contribution in [2.75, 3.05) is 18.5 Å². The fourth-order valence-electron chi connectivity index (χ4n) is 2.34. The molecule has 98 valence electrons. The Balaban J connectivity index is 2.32. The van der Waals surface area contributed by atoms with Crippen molar-refractivity contribution in [3.05, 3.63) is 42.5 Å². The lowest BCUT2D eigenvalue weighted by molar-refractivity contribution is 0.477. The number of hydrogen-bond acceptors (Lipinski definition) is 2. The molecule has 0 aromatic heterocycles. The third kappa shape index (κ3) is 2.88. The molecule has 0 saturated heterocycles. The molecule has 2 rings (SSSR count). The topological polar surface area (TPSA) is 27.0 Å². The Morgan fingerprint density at radius 3 is 2.47 bits per heavy atom. The van der Waals surface area contributed by atoms with Gasteiger partial charge >= 0.3 is 0 Å². The highest BCUT2D eigenvalue weighted by molar-refractivity contribution is 5.94. The number of nitrogens with zero attached hydrogens (tertiary/aromatic N) is 2. The van der Waals surface area contributed by atoms with Gasteiger partial charge in [-0.15, -0.1) is 0 Å². The minimum absolute atomic E-state index is 0.0592. The van der Waals surface area contributed by atoms with Crippen molar-refractivity contribution in [2.45, 2.75) is 13.8 Å². The monoisotopic (exact) mass is 252 g/mol. The Kier molecular flexibility index (Phi) is 4.06. The van der Waals surface area contributed by atoms with Gasteiger partial charge in [-0.2, -0.15) is 5.26 Å². The standard InChI is InChI=1S/C17H20N2/c1-13(2)15(11-18)12-19(3)17-10-6-8-14-7-4-5-9-16(14)17/h4-10,13,15H,12H2,1-3H3. The average molecular weight is 252 g/mol. The molecule has 0 bridgehead atoms. The van der Waals surface area contributed by atoms with Gasteiger partial charge in [0.05, 0.1) is 12.0 Å². The first kappa shape index (κ1) is 13.4. The molecule has 0 saturated carbocycles. The van der Waals surface area contributed by atoms with E-state index in [1.807, 2.05) is 0 Å². The van der Waals surface area contributed by atoms with Crippen molar-refractivity contribution in [1.29, 1.82) is 5.26 Å². The van der Waals surface area contributed by atoms with Crippen LogP contribution in [0.5, 0.6) is 0 Å². The van der Waals surface area contributed by atoms with E-state index in [1.54, 1.807) is 0 Å². The molecule has 2 heteroatoms. The molecule has 0 spiro atoms. The second kappa shape index (κ2) is 5.75. The Morgan fingerprint density at radius 2 is 1.79 bits per heavy atom. The van der Waals surface area contributed by atoms with E-state index in [-0.39, 0.29) is 5.92 Å². The van der Waals surface area contributed by atoms with Gasteiger partial charge in [-0.3, -0.25) is 0 Å². The number of hydrogen-bond donors (Lipinski definition) is 0. The summed E-state index contributed by atoms with van der Waals surface area (Å²) in [4.78, 5) is 2.19. The van der Waals surface area contributed by atoms with Crippen LogP contribution in [0.2, 0.25) is 0 Å². The lowest BCUT2D eigenvalue weighted by Gasteiger charge is -2.25. The zero-order valence-electron chi connectivity index (χ0n) is 11.8. The first-order valence-electron chi connectivity index (χ1n) is 6.72. The van der Waals surface area contributed by atoms with E-state index in [9.17, 15) is 5.26 Å². The highest BCUT2D eigenvalue weighted by Gasteiger charge is 2.16. The quantitative estimate of drug-likeness (QED) is 0.820. The number of nitriles is 1. The summed E-state index contributed by atoms with van der Waals surface area (Å²) in [6.45, 7) is 4.97. The van der Waals surface area contributed by atoms with Crippen molar-refractivity contribution in [1.82, 2.24) is 0 Å². The molecule has 2 aromatic carbocycles. The first-order valence-corrected chi connectivity index (χ1v) is 6.72. The molecular formula is C17H20N2. The van der Waals surface area contributed by atoms with Gasteiger partial charge in [0.25, 0.3) is 0 Å². The normalized spacial score (nSPS) is 12.4. The molecule has 1 atom stereocenters. The largest absolute Gasteiger partial charge is 0.373 e. The smallest absolute Gasteiger partial charge is 0.0677 e.